The highest BCUT2D eigenvalue weighted by Gasteiger charge is 2.03. The highest BCUT2D eigenvalue weighted by Crippen LogP contribution is 2.12. The largest absolute Gasteiger partial charge is 0.370 e. The molecule has 0 unspecified atom stereocenters. The van der Waals surface area contributed by atoms with Crippen LogP contribution < -0.4 is 16.4 Å². The molecule has 0 aliphatic heterocycles. The van der Waals surface area contributed by atoms with Crippen LogP contribution in [0.4, 0.5) is 5.69 Å². The van der Waals surface area contributed by atoms with Crippen LogP contribution in [0.1, 0.15) is 18.4 Å². The molecule has 0 atom stereocenters. The number of carbonyl (C=O) groups is 2. The van der Waals surface area contributed by atoms with Crippen molar-refractivity contribution in [3.63, 3.8) is 0 Å². The van der Waals surface area contributed by atoms with Crippen LogP contribution in [0.5, 0.6) is 0 Å². The number of benzene rings is 1. The molecule has 98 valence electrons. The summed E-state index contributed by atoms with van der Waals surface area (Å²) in [5.74, 6) is -0.412. The number of para-hydroxylation sites is 1. The van der Waals surface area contributed by atoms with E-state index in [4.69, 9.17) is 5.73 Å². The minimum Gasteiger partial charge on any atom is -0.370 e. The van der Waals surface area contributed by atoms with E-state index < -0.39 is 0 Å². The average molecular weight is 249 g/mol. The SMILES string of the molecule is Cc1ccccc1NC(=O)CNCCCC(N)=O. The van der Waals surface area contributed by atoms with Crippen LogP contribution in [-0.2, 0) is 9.59 Å². The third-order valence-electron chi connectivity index (χ3n) is 2.48. The quantitative estimate of drug-likeness (QED) is 0.625. The van der Waals surface area contributed by atoms with Crippen molar-refractivity contribution in [2.75, 3.05) is 18.4 Å². The Morgan fingerprint density at radius 3 is 2.67 bits per heavy atom. The molecule has 1 aromatic carbocycles. The second-order valence-electron chi connectivity index (χ2n) is 4.11. The molecule has 0 aliphatic carbocycles. The van der Waals surface area contributed by atoms with Gasteiger partial charge < -0.3 is 16.4 Å². The van der Waals surface area contributed by atoms with E-state index in [2.05, 4.69) is 10.6 Å². The van der Waals surface area contributed by atoms with E-state index in [0.29, 0.717) is 19.4 Å². The molecule has 18 heavy (non-hydrogen) atoms. The monoisotopic (exact) mass is 249 g/mol. The zero-order chi connectivity index (χ0) is 13.4. The Labute approximate surface area is 107 Å². The van der Waals surface area contributed by atoms with E-state index in [1.807, 2.05) is 31.2 Å². The number of primary amides is 1. The summed E-state index contributed by atoms with van der Waals surface area (Å²) in [5.41, 5.74) is 6.86. The molecular formula is C13H19N3O2. The van der Waals surface area contributed by atoms with Gasteiger partial charge in [-0.15, -0.1) is 0 Å². The topological polar surface area (TPSA) is 84.2 Å². The van der Waals surface area contributed by atoms with Gasteiger partial charge in [0, 0.05) is 12.1 Å². The Kier molecular flexibility index (Phi) is 5.87. The Morgan fingerprint density at radius 1 is 1.28 bits per heavy atom. The lowest BCUT2D eigenvalue weighted by Gasteiger charge is -2.08. The average Bonchev–Trinajstić information content (AvgIpc) is 2.31. The van der Waals surface area contributed by atoms with Crippen LogP contribution in [0.25, 0.3) is 0 Å². The summed E-state index contributed by atoms with van der Waals surface area (Å²) in [6.07, 6.45) is 0.986. The lowest BCUT2D eigenvalue weighted by atomic mass is 10.2. The Morgan fingerprint density at radius 2 is 2.00 bits per heavy atom. The summed E-state index contributed by atoms with van der Waals surface area (Å²) >= 11 is 0. The molecule has 4 N–H and O–H groups in total. The molecule has 0 radical (unpaired) electrons. The van der Waals surface area contributed by atoms with Crippen molar-refractivity contribution in [2.24, 2.45) is 5.73 Å². The van der Waals surface area contributed by atoms with Gasteiger partial charge in [-0.2, -0.15) is 0 Å². The van der Waals surface area contributed by atoms with Gasteiger partial charge in [0.1, 0.15) is 0 Å². The summed E-state index contributed by atoms with van der Waals surface area (Å²) < 4.78 is 0. The van der Waals surface area contributed by atoms with E-state index in [1.165, 1.54) is 0 Å². The highest BCUT2D eigenvalue weighted by atomic mass is 16.2. The lowest BCUT2D eigenvalue weighted by molar-refractivity contribution is -0.118. The van der Waals surface area contributed by atoms with Crippen molar-refractivity contribution >= 4 is 17.5 Å². The van der Waals surface area contributed by atoms with Crippen molar-refractivity contribution in [1.82, 2.24) is 5.32 Å². The van der Waals surface area contributed by atoms with Gasteiger partial charge in [-0.3, -0.25) is 9.59 Å². The molecule has 2 amide bonds. The highest BCUT2D eigenvalue weighted by molar-refractivity contribution is 5.92. The fourth-order valence-electron chi connectivity index (χ4n) is 1.50. The smallest absolute Gasteiger partial charge is 0.238 e. The standard InChI is InChI=1S/C13H19N3O2/c1-10-5-2-3-6-11(10)16-13(18)9-15-8-4-7-12(14)17/h2-3,5-6,15H,4,7-9H2,1H3,(H2,14,17)(H,16,18). The first-order valence-electron chi connectivity index (χ1n) is 5.94. The zero-order valence-electron chi connectivity index (χ0n) is 10.5. The first kappa shape index (κ1) is 14.2. The van der Waals surface area contributed by atoms with Gasteiger partial charge in [-0.05, 0) is 31.5 Å². The molecule has 0 heterocycles. The van der Waals surface area contributed by atoms with E-state index in [1.54, 1.807) is 0 Å². The van der Waals surface area contributed by atoms with Crippen molar-refractivity contribution in [2.45, 2.75) is 19.8 Å². The van der Waals surface area contributed by atoms with E-state index in [9.17, 15) is 9.59 Å². The number of nitrogens with two attached hydrogens (primary N) is 1. The molecule has 0 saturated heterocycles. The summed E-state index contributed by atoms with van der Waals surface area (Å²) in [6, 6.07) is 7.60. The Bertz CT molecular complexity index is 418. The van der Waals surface area contributed by atoms with Crippen LogP contribution in [-0.4, -0.2) is 24.9 Å². The predicted molar refractivity (Wildman–Crippen MR) is 71.1 cm³/mol. The first-order chi connectivity index (χ1) is 8.59. The second-order valence-corrected chi connectivity index (χ2v) is 4.11. The normalized spacial score (nSPS) is 10.1. The van der Waals surface area contributed by atoms with Crippen LogP contribution in [0.2, 0.25) is 0 Å². The summed E-state index contributed by atoms with van der Waals surface area (Å²) in [4.78, 5) is 22.1. The molecule has 0 aromatic heterocycles. The molecule has 1 rings (SSSR count). The van der Waals surface area contributed by atoms with Crippen molar-refractivity contribution in [3.8, 4) is 0 Å². The molecule has 0 aliphatic rings. The number of hydrogen-bond acceptors (Lipinski definition) is 3. The van der Waals surface area contributed by atoms with E-state index >= 15 is 0 Å². The minimum absolute atomic E-state index is 0.0941. The number of aryl methyl sites for hydroxylation is 1. The molecular weight excluding hydrogens is 230 g/mol. The first-order valence-corrected chi connectivity index (χ1v) is 5.94. The van der Waals surface area contributed by atoms with Gasteiger partial charge in [0.05, 0.1) is 6.54 Å². The molecule has 5 nitrogen and oxygen atoms in total. The van der Waals surface area contributed by atoms with Crippen LogP contribution >= 0.6 is 0 Å². The number of amides is 2. The lowest BCUT2D eigenvalue weighted by Crippen LogP contribution is -2.29. The minimum atomic E-state index is -0.318. The predicted octanol–water partition coefficient (Wildman–Crippen LogP) is 0.789. The fourth-order valence-corrected chi connectivity index (χ4v) is 1.50. The summed E-state index contributed by atoms with van der Waals surface area (Å²) in [6.45, 7) is 2.77. The molecule has 1 aromatic rings. The molecule has 0 bridgehead atoms. The van der Waals surface area contributed by atoms with Crippen molar-refractivity contribution in [1.29, 1.82) is 0 Å². The maximum Gasteiger partial charge on any atom is 0.238 e. The van der Waals surface area contributed by atoms with E-state index in [0.717, 1.165) is 11.3 Å². The summed E-state index contributed by atoms with van der Waals surface area (Å²) in [5, 5.41) is 5.78. The third kappa shape index (κ3) is 5.45. The third-order valence-corrected chi connectivity index (χ3v) is 2.48. The maximum atomic E-state index is 11.6. The van der Waals surface area contributed by atoms with E-state index in [-0.39, 0.29) is 18.4 Å². The second kappa shape index (κ2) is 7.45. The van der Waals surface area contributed by atoms with Crippen LogP contribution in [0, 0.1) is 6.92 Å². The Hall–Kier alpha value is -1.88. The van der Waals surface area contributed by atoms with Crippen LogP contribution in [0.15, 0.2) is 24.3 Å². The van der Waals surface area contributed by atoms with Crippen molar-refractivity contribution in [3.05, 3.63) is 29.8 Å². The van der Waals surface area contributed by atoms with Gasteiger partial charge in [-0.25, -0.2) is 0 Å². The fraction of sp³-hybridized carbons (Fsp3) is 0.385. The Balaban J connectivity index is 2.22. The number of rotatable bonds is 7. The number of anilines is 1. The molecule has 5 heteroatoms. The molecule has 0 saturated carbocycles. The van der Waals surface area contributed by atoms with Gasteiger partial charge in [0.15, 0.2) is 0 Å². The van der Waals surface area contributed by atoms with Gasteiger partial charge in [0.25, 0.3) is 0 Å². The van der Waals surface area contributed by atoms with Gasteiger partial charge in [-0.1, -0.05) is 18.2 Å². The zero-order valence-corrected chi connectivity index (χ0v) is 10.5. The maximum absolute atomic E-state index is 11.6. The van der Waals surface area contributed by atoms with Gasteiger partial charge in [0.2, 0.25) is 11.8 Å². The van der Waals surface area contributed by atoms with Gasteiger partial charge >= 0.3 is 0 Å². The number of hydrogen-bond donors (Lipinski definition) is 3. The van der Waals surface area contributed by atoms with Crippen LogP contribution in [0.3, 0.4) is 0 Å². The molecule has 0 spiro atoms. The molecule has 0 fully saturated rings. The number of nitrogens with one attached hydrogen (secondary N) is 2. The van der Waals surface area contributed by atoms with Crippen molar-refractivity contribution < 1.29 is 9.59 Å². The number of carbonyl (C=O) groups excluding carboxylic acids is 2. The summed E-state index contributed by atoms with van der Waals surface area (Å²) in [7, 11) is 0.